The molecular weight excluding hydrogens is 312 g/mol. The lowest BCUT2D eigenvalue weighted by atomic mass is 10.1. The lowest BCUT2D eigenvalue weighted by Gasteiger charge is -2.12. The van der Waals surface area contributed by atoms with Crippen LogP contribution in [0.1, 0.15) is 29.5 Å². The molecule has 0 aromatic heterocycles. The van der Waals surface area contributed by atoms with Gasteiger partial charge in [0.2, 0.25) is 0 Å². The van der Waals surface area contributed by atoms with Crippen LogP contribution in [-0.2, 0) is 17.9 Å². The lowest BCUT2D eigenvalue weighted by molar-refractivity contribution is -0.901. The van der Waals surface area contributed by atoms with Gasteiger partial charge in [0.15, 0.2) is 6.61 Å². The second kappa shape index (κ2) is 8.67. The predicted molar refractivity (Wildman–Crippen MR) is 98.6 cm³/mol. The zero-order valence-corrected chi connectivity index (χ0v) is 14.9. The molecule has 0 spiro atoms. The van der Waals surface area contributed by atoms with Crippen LogP contribution in [0.25, 0.3) is 0 Å². The van der Waals surface area contributed by atoms with E-state index in [0.717, 1.165) is 23.4 Å². The van der Waals surface area contributed by atoms with Gasteiger partial charge in [0, 0.05) is 24.9 Å². The molecule has 1 aliphatic heterocycles. The average molecular weight is 339 g/mol. The normalized spacial score (nSPS) is 14.4. The first-order chi connectivity index (χ1) is 12.2. The molecular formula is C21H27N2O2+. The molecule has 2 aromatic rings. The number of aryl methyl sites for hydroxylation is 1. The Morgan fingerprint density at radius 1 is 1.04 bits per heavy atom. The van der Waals surface area contributed by atoms with Crippen LogP contribution in [0.3, 0.4) is 0 Å². The van der Waals surface area contributed by atoms with Gasteiger partial charge >= 0.3 is 0 Å². The minimum Gasteiger partial charge on any atom is -0.484 e. The third kappa shape index (κ3) is 5.33. The smallest absolute Gasteiger partial charge is 0.258 e. The monoisotopic (exact) mass is 339 g/mol. The molecule has 0 saturated carbocycles. The van der Waals surface area contributed by atoms with Gasteiger partial charge in [0.1, 0.15) is 12.3 Å². The van der Waals surface area contributed by atoms with Crippen molar-refractivity contribution in [2.45, 2.75) is 32.9 Å². The number of likely N-dealkylation sites (tertiary alicyclic amines) is 1. The predicted octanol–water partition coefficient (Wildman–Crippen LogP) is 1.87. The van der Waals surface area contributed by atoms with E-state index in [1.54, 1.807) is 4.90 Å². The Labute approximate surface area is 149 Å². The van der Waals surface area contributed by atoms with Gasteiger partial charge in [0.05, 0.1) is 13.1 Å². The number of ether oxygens (including phenoxy) is 1. The van der Waals surface area contributed by atoms with Crippen molar-refractivity contribution in [3.63, 3.8) is 0 Å². The van der Waals surface area contributed by atoms with Crippen molar-refractivity contribution >= 4 is 5.91 Å². The average Bonchev–Trinajstić information content (AvgIpc) is 3.13. The molecule has 3 rings (SSSR count). The minimum atomic E-state index is -0.103. The number of carbonyl (C=O) groups excluding carboxylic acids is 1. The zero-order chi connectivity index (χ0) is 17.5. The number of carbonyl (C=O) groups is 1. The standard InChI is InChI=1S/C21H26N2O2/c1-17-6-2-3-7-20(17)25-16-21(24)22-14-18-8-10-19(11-9-18)15-23-12-4-5-13-23/h2-3,6-11H,4-5,12-16H2,1H3,(H,22,24)/p+1. The molecule has 2 aromatic carbocycles. The highest BCUT2D eigenvalue weighted by atomic mass is 16.5. The Bertz CT molecular complexity index is 691. The fourth-order valence-electron chi connectivity index (χ4n) is 3.23. The molecule has 2 N–H and O–H groups in total. The Morgan fingerprint density at radius 2 is 1.72 bits per heavy atom. The van der Waals surface area contributed by atoms with Crippen LogP contribution in [0.2, 0.25) is 0 Å². The van der Waals surface area contributed by atoms with Crippen LogP contribution in [0.5, 0.6) is 5.75 Å². The molecule has 1 saturated heterocycles. The van der Waals surface area contributed by atoms with Gasteiger partial charge in [0.25, 0.3) is 5.91 Å². The van der Waals surface area contributed by atoms with Crippen molar-refractivity contribution in [3.05, 3.63) is 65.2 Å². The molecule has 25 heavy (non-hydrogen) atoms. The molecule has 1 aliphatic rings. The van der Waals surface area contributed by atoms with Gasteiger partial charge in [-0.1, -0.05) is 42.5 Å². The van der Waals surface area contributed by atoms with E-state index in [4.69, 9.17) is 4.74 Å². The summed E-state index contributed by atoms with van der Waals surface area (Å²) in [6.07, 6.45) is 2.70. The third-order valence-electron chi connectivity index (χ3n) is 4.73. The summed E-state index contributed by atoms with van der Waals surface area (Å²) >= 11 is 0. The number of hydrogen-bond donors (Lipinski definition) is 2. The molecule has 4 nitrogen and oxygen atoms in total. The highest BCUT2D eigenvalue weighted by molar-refractivity contribution is 5.77. The Balaban J connectivity index is 1.41. The Morgan fingerprint density at radius 3 is 2.44 bits per heavy atom. The number of benzene rings is 2. The third-order valence-corrected chi connectivity index (χ3v) is 4.73. The van der Waals surface area contributed by atoms with E-state index in [-0.39, 0.29) is 12.5 Å². The van der Waals surface area contributed by atoms with Gasteiger partial charge in [-0.3, -0.25) is 4.79 Å². The number of amides is 1. The van der Waals surface area contributed by atoms with E-state index < -0.39 is 0 Å². The first-order valence-corrected chi connectivity index (χ1v) is 9.07. The second-order valence-electron chi connectivity index (χ2n) is 6.78. The highest BCUT2D eigenvalue weighted by Gasteiger charge is 2.15. The number of para-hydroxylation sites is 1. The van der Waals surface area contributed by atoms with E-state index in [2.05, 4.69) is 29.6 Å². The largest absolute Gasteiger partial charge is 0.484 e. The summed E-state index contributed by atoms with van der Waals surface area (Å²) in [6.45, 7) is 6.24. The van der Waals surface area contributed by atoms with Crippen molar-refractivity contribution in [2.75, 3.05) is 19.7 Å². The van der Waals surface area contributed by atoms with E-state index in [1.807, 2.05) is 31.2 Å². The molecule has 0 atom stereocenters. The Kier molecular flexibility index (Phi) is 6.07. The van der Waals surface area contributed by atoms with E-state index >= 15 is 0 Å². The first kappa shape index (κ1) is 17.5. The maximum Gasteiger partial charge on any atom is 0.258 e. The van der Waals surface area contributed by atoms with Crippen molar-refractivity contribution in [3.8, 4) is 5.75 Å². The molecule has 0 aliphatic carbocycles. The molecule has 0 bridgehead atoms. The molecule has 132 valence electrons. The SMILES string of the molecule is Cc1ccccc1OCC(=O)NCc1ccc(C[NH+]2CCCC2)cc1. The summed E-state index contributed by atoms with van der Waals surface area (Å²) in [5, 5.41) is 2.91. The van der Waals surface area contributed by atoms with E-state index in [0.29, 0.717) is 6.54 Å². The Hall–Kier alpha value is -2.33. The summed E-state index contributed by atoms with van der Waals surface area (Å²) in [7, 11) is 0. The number of quaternary nitrogens is 1. The van der Waals surface area contributed by atoms with Crippen LogP contribution in [-0.4, -0.2) is 25.6 Å². The van der Waals surface area contributed by atoms with E-state index in [1.165, 1.54) is 31.5 Å². The van der Waals surface area contributed by atoms with Crippen LogP contribution >= 0.6 is 0 Å². The van der Waals surface area contributed by atoms with E-state index in [9.17, 15) is 4.79 Å². The molecule has 1 fully saturated rings. The number of hydrogen-bond acceptors (Lipinski definition) is 2. The summed E-state index contributed by atoms with van der Waals surface area (Å²) in [4.78, 5) is 13.6. The van der Waals surface area contributed by atoms with Crippen molar-refractivity contribution < 1.29 is 14.4 Å². The first-order valence-electron chi connectivity index (χ1n) is 9.07. The summed E-state index contributed by atoms with van der Waals surface area (Å²) in [5.74, 6) is 0.653. The molecule has 1 heterocycles. The molecule has 4 heteroatoms. The molecule has 0 radical (unpaired) electrons. The molecule has 1 amide bonds. The number of nitrogens with one attached hydrogen (secondary N) is 2. The maximum absolute atomic E-state index is 12.0. The van der Waals surface area contributed by atoms with Gasteiger partial charge in [-0.25, -0.2) is 0 Å². The van der Waals surface area contributed by atoms with Gasteiger partial charge in [-0.15, -0.1) is 0 Å². The molecule has 0 unspecified atom stereocenters. The van der Waals surface area contributed by atoms with Gasteiger partial charge < -0.3 is 15.0 Å². The van der Waals surface area contributed by atoms with Crippen molar-refractivity contribution in [1.82, 2.24) is 5.32 Å². The van der Waals surface area contributed by atoms with Gasteiger partial charge in [-0.05, 0) is 24.1 Å². The minimum absolute atomic E-state index is 0.0429. The maximum atomic E-state index is 12.0. The highest BCUT2D eigenvalue weighted by Crippen LogP contribution is 2.15. The topological polar surface area (TPSA) is 42.8 Å². The van der Waals surface area contributed by atoms with Crippen LogP contribution < -0.4 is 15.0 Å². The number of rotatable bonds is 7. The summed E-state index contributed by atoms with van der Waals surface area (Å²) in [6, 6.07) is 16.3. The second-order valence-corrected chi connectivity index (χ2v) is 6.78. The van der Waals surface area contributed by atoms with Gasteiger partial charge in [-0.2, -0.15) is 0 Å². The summed E-state index contributed by atoms with van der Waals surface area (Å²) in [5.41, 5.74) is 3.52. The zero-order valence-electron chi connectivity index (χ0n) is 14.9. The fourth-order valence-corrected chi connectivity index (χ4v) is 3.23. The van der Waals surface area contributed by atoms with Crippen molar-refractivity contribution in [1.29, 1.82) is 0 Å². The quantitative estimate of drug-likeness (QED) is 0.809. The summed E-state index contributed by atoms with van der Waals surface area (Å²) < 4.78 is 5.57. The fraction of sp³-hybridized carbons (Fsp3) is 0.381. The van der Waals surface area contributed by atoms with Crippen LogP contribution in [0, 0.1) is 6.92 Å². The van der Waals surface area contributed by atoms with Crippen LogP contribution in [0.15, 0.2) is 48.5 Å². The van der Waals surface area contributed by atoms with Crippen LogP contribution in [0.4, 0.5) is 0 Å². The lowest BCUT2D eigenvalue weighted by Crippen LogP contribution is -3.08. The van der Waals surface area contributed by atoms with Crippen molar-refractivity contribution in [2.24, 2.45) is 0 Å².